The van der Waals surface area contributed by atoms with Crippen LogP contribution in [0.5, 0.6) is 17.2 Å². The van der Waals surface area contributed by atoms with Gasteiger partial charge in [-0.05, 0) is 49.6 Å². The summed E-state index contributed by atoms with van der Waals surface area (Å²) < 4.78 is 17.6. The van der Waals surface area contributed by atoms with Crippen molar-refractivity contribution in [2.45, 2.75) is 26.8 Å². The van der Waals surface area contributed by atoms with Crippen molar-refractivity contribution in [1.82, 2.24) is 4.90 Å². The predicted molar refractivity (Wildman–Crippen MR) is 128 cm³/mol. The van der Waals surface area contributed by atoms with Gasteiger partial charge in [0.25, 0.3) is 0 Å². The van der Waals surface area contributed by atoms with Gasteiger partial charge in [-0.3, -0.25) is 9.69 Å². The van der Waals surface area contributed by atoms with Crippen LogP contribution in [-0.4, -0.2) is 31.1 Å². The third-order valence-electron chi connectivity index (χ3n) is 6.27. The van der Waals surface area contributed by atoms with Gasteiger partial charge in [0.2, 0.25) is 5.78 Å². The van der Waals surface area contributed by atoms with E-state index in [0.717, 1.165) is 47.7 Å². The van der Waals surface area contributed by atoms with Gasteiger partial charge in [-0.15, -0.1) is 0 Å². The maximum atomic E-state index is 13.1. The van der Waals surface area contributed by atoms with E-state index in [1.54, 1.807) is 13.2 Å². The quantitative estimate of drug-likeness (QED) is 0.502. The smallest absolute Gasteiger partial charge is 0.231 e. The molecule has 168 valence electrons. The molecule has 2 aliphatic heterocycles. The minimum absolute atomic E-state index is 0.0809. The summed E-state index contributed by atoms with van der Waals surface area (Å²) in [5, 5.41) is 0. The van der Waals surface area contributed by atoms with Crippen LogP contribution in [0.25, 0.3) is 6.08 Å². The number of hydrogen-bond donors (Lipinski definition) is 0. The molecule has 0 N–H and O–H groups in total. The van der Waals surface area contributed by atoms with Gasteiger partial charge in [0, 0.05) is 24.2 Å². The number of nitrogens with zero attached hydrogens (tertiary/aromatic N) is 1. The van der Waals surface area contributed by atoms with Crippen LogP contribution in [0.2, 0.25) is 0 Å². The number of carbonyl (C=O) groups is 1. The number of benzene rings is 3. The highest BCUT2D eigenvalue weighted by molar-refractivity contribution is 6.15. The second kappa shape index (κ2) is 8.75. The number of para-hydroxylation sites is 1. The van der Waals surface area contributed by atoms with Crippen molar-refractivity contribution in [1.29, 1.82) is 0 Å². The molecule has 0 fully saturated rings. The topological polar surface area (TPSA) is 48.0 Å². The van der Waals surface area contributed by atoms with Crippen molar-refractivity contribution in [3.63, 3.8) is 0 Å². The lowest BCUT2D eigenvalue weighted by Gasteiger charge is -2.30. The Hall–Kier alpha value is -3.57. The fourth-order valence-electron chi connectivity index (χ4n) is 4.44. The van der Waals surface area contributed by atoms with Crippen molar-refractivity contribution in [3.8, 4) is 17.2 Å². The fourth-order valence-corrected chi connectivity index (χ4v) is 4.44. The van der Waals surface area contributed by atoms with E-state index < -0.39 is 0 Å². The molecule has 5 nitrogen and oxygen atoms in total. The summed E-state index contributed by atoms with van der Waals surface area (Å²) in [6.07, 6.45) is 2.67. The van der Waals surface area contributed by atoms with Gasteiger partial charge in [0.15, 0.2) is 5.76 Å². The van der Waals surface area contributed by atoms with Gasteiger partial charge < -0.3 is 14.2 Å². The molecule has 0 amide bonds. The van der Waals surface area contributed by atoms with Crippen LogP contribution in [0.3, 0.4) is 0 Å². The summed E-state index contributed by atoms with van der Waals surface area (Å²) in [5.74, 6) is 2.61. The van der Waals surface area contributed by atoms with E-state index in [1.165, 1.54) is 11.1 Å². The number of methoxy groups -OCH3 is 1. The van der Waals surface area contributed by atoms with Crippen LogP contribution in [-0.2, 0) is 13.0 Å². The number of aryl methyl sites for hydroxylation is 1. The van der Waals surface area contributed by atoms with Gasteiger partial charge in [-0.25, -0.2) is 0 Å². The summed E-state index contributed by atoms with van der Waals surface area (Å²) >= 11 is 0. The number of rotatable bonds is 5. The Bertz CT molecular complexity index is 1240. The molecule has 0 radical (unpaired) electrons. The van der Waals surface area contributed by atoms with Crippen LogP contribution >= 0.6 is 0 Å². The molecule has 3 aromatic rings. The first-order valence-corrected chi connectivity index (χ1v) is 11.2. The van der Waals surface area contributed by atoms with Crippen LogP contribution < -0.4 is 14.2 Å². The molecule has 2 aliphatic rings. The Balaban J connectivity index is 1.35. The summed E-state index contributed by atoms with van der Waals surface area (Å²) in [6, 6.07) is 18.0. The van der Waals surface area contributed by atoms with Gasteiger partial charge in [-0.1, -0.05) is 48.0 Å². The highest BCUT2D eigenvalue weighted by atomic mass is 16.5. The molecule has 0 unspecified atom stereocenters. The molecular weight excluding hydrogens is 414 g/mol. The predicted octanol–water partition coefficient (Wildman–Crippen LogP) is 5.32. The molecular formula is C28H27NO4. The monoisotopic (exact) mass is 441 g/mol. The van der Waals surface area contributed by atoms with Crippen LogP contribution in [0.15, 0.2) is 60.4 Å². The average Bonchev–Trinajstić information content (AvgIpc) is 3.14. The first-order chi connectivity index (χ1) is 16.0. The van der Waals surface area contributed by atoms with Gasteiger partial charge in [-0.2, -0.15) is 0 Å². The molecule has 0 saturated carbocycles. The molecule has 0 atom stereocenters. The summed E-state index contributed by atoms with van der Waals surface area (Å²) in [7, 11) is 1.70. The molecule has 33 heavy (non-hydrogen) atoms. The highest BCUT2D eigenvalue weighted by Crippen LogP contribution is 2.43. The highest BCUT2D eigenvalue weighted by Gasteiger charge is 2.33. The molecule has 5 heteroatoms. The number of ether oxygens (including phenoxy) is 3. The average molecular weight is 442 g/mol. The van der Waals surface area contributed by atoms with E-state index in [4.69, 9.17) is 14.2 Å². The second-order valence-corrected chi connectivity index (χ2v) is 8.60. The van der Waals surface area contributed by atoms with Crippen LogP contribution in [0.4, 0.5) is 0 Å². The number of hydrogen-bond acceptors (Lipinski definition) is 5. The normalized spacial score (nSPS) is 16.2. The molecule has 3 aromatic carbocycles. The number of ketones is 1. The zero-order valence-electron chi connectivity index (χ0n) is 19.2. The number of carbonyl (C=O) groups excluding carboxylic acids is 1. The minimum atomic E-state index is -0.0809. The van der Waals surface area contributed by atoms with Crippen molar-refractivity contribution < 1.29 is 19.0 Å². The summed E-state index contributed by atoms with van der Waals surface area (Å²) in [4.78, 5) is 15.3. The standard InChI is InChI=1S/C28H27NO4/c1-18-8-10-20(11-9-18)14-25-26(30)23-15-22-16-29(17-32-27(22)19(2)28(23)33-25)13-12-21-6-4-5-7-24(21)31-3/h4-11,14-15H,12-13,16-17H2,1-3H3/b25-14-. The van der Waals surface area contributed by atoms with Crippen LogP contribution in [0.1, 0.15) is 38.2 Å². The van der Waals surface area contributed by atoms with Gasteiger partial charge in [0.05, 0.1) is 12.7 Å². The van der Waals surface area contributed by atoms with E-state index in [2.05, 4.69) is 11.0 Å². The number of fused-ring (bicyclic) bond motifs is 2. The molecule has 2 heterocycles. The lowest BCUT2D eigenvalue weighted by atomic mass is 9.99. The maximum Gasteiger partial charge on any atom is 0.231 e. The third-order valence-corrected chi connectivity index (χ3v) is 6.27. The van der Waals surface area contributed by atoms with Crippen molar-refractivity contribution in [3.05, 3.63) is 93.7 Å². The summed E-state index contributed by atoms with van der Waals surface area (Å²) in [6.45, 7) is 6.06. The van der Waals surface area contributed by atoms with E-state index >= 15 is 0 Å². The zero-order chi connectivity index (χ0) is 22.9. The minimum Gasteiger partial charge on any atom is -0.496 e. The lowest BCUT2D eigenvalue weighted by molar-refractivity contribution is 0.0952. The van der Waals surface area contributed by atoms with Crippen LogP contribution in [0, 0.1) is 13.8 Å². The van der Waals surface area contributed by atoms with E-state index in [-0.39, 0.29) is 5.78 Å². The first kappa shape index (κ1) is 21.3. The molecule has 0 aromatic heterocycles. The molecule has 0 aliphatic carbocycles. The molecule has 0 saturated heterocycles. The van der Waals surface area contributed by atoms with Gasteiger partial charge in [0.1, 0.15) is 24.0 Å². The SMILES string of the molecule is COc1ccccc1CCN1COc2c(cc3c(c2C)O/C(=C\c2ccc(C)cc2)C3=O)C1. The second-order valence-electron chi connectivity index (χ2n) is 8.60. The third kappa shape index (κ3) is 4.12. The lowest BCUT2D eigenvalue weighted by Crippen LogP contribution is -2.34. The fraction of sp³-hybridized carbons (Fsp3) is 0.250. The molecule has 0 spiro atoms. The molecule has 0 bridgehead atoms. The Morgan fingerprint density at radius 2 is 1.85 bits per heavy atom. The van der Waals surface area contributed by atoms with Crippen molar-refractivity contribution in [2.75, 3.05) is 20.4 Å². The number of Topliss-reactive ketones (excluding diaryl/α,β-unsaturated/α-hetero) is 1. The largest absolute Gasteiger partial charge is 0.496 e. The van der Waals surface area contributed by atoms with Crippen molar-refractivity contribution >= 4 is 11.9 Å². The van der Waals surface area contributed by atoms with Gasteiger partial charge >= 0.3 is 0 Å². The Morgan fingerprint density at radius 3 is 2.64 bits per heavy atom. The summed E-state index contributed by atoms with van der Waals surface area (Å²) in [5.41, 5.74) is 5.80. The molecule has 5 rings (SSSR count). The first-order valence-electron chi connectivity index (χ1n) is 11.2. The number of allylic oxidation sites excluding steroid dienone is 1. The Morgan fingerprint density at radius 1 is 1.06 bits per heavy atom. The Labute approximate surface area is 194 Å². The Kier molecular flexibility index (Phi) is 5.65. The zero-order valence-corrected chi connectivity index (χ0v) is 19.2. The van der Waals surface area contributed by atoms with E-state index in [9.17, 15) is 4.79 Å². The van der Waals surface area contributed by atoms with E-state index in [1.807, 2.05) is 62.4 Å². The van der Waals surface area contributed by atoms with Crippen molar-refractivity contribution in [2.24, 2.45) is 0 Å². The maximum absolute atomic E-state index is 13.1. The van der Waals surface area contributed by atoms with E-state index in [0.29, 0.717) is 23.8 Å².